The van der Waals surface area contributed by atoms with E-state index in [1.165, 1.54) is 17.7 Å². The van der Waals surface area contributed by atoms with Crippen molar-refractivity contribution in [2.75, 3.05) is 11.5 Å². The molecule has 3 heteroatoms. The number of aliphatic imine (C=N–C) groups is 1. The fraction of sp³-hybridized carbons (Fsp3) is 0.406. The van der Waals surface area contributed by atoms with E-state index in [1.54, 1.807) is 0 Å². The zero-order valence-electron chi connectivity index (χ0n) is 23.0. The minimum Gasteiger partial charge on any atom is -0.268 e. The van der Waals surface area contributed by atoms with Crippen LogP contribution in [-0.2, 0) is 0 Å². The summed E-state index contributed by atoms with van der Waals surface area (Å²) >= 11 is 1.87. The van der Waals surface area contributed by atoms with Gasteiger partial charge in [0.05, 0.1) is 0 Å². The minimum absolute atomic E-state index is 0.0868. The molecule has 0 aliphatic heterocycles. The molecule has 192 valence electrons. The molecular weight excluding hydrogens is 449 g/mol. The Morgan fingerprint density at radius 1 is 1.11 bits per heavy atom. The maximum absolute atomic E-state index is 13.8. The number of halogens is 1. The second-order valence-corrected chi connectivity index (χ2v) is 9.52. The van der Waals surface area contributed by atoms with Gasteiger partial charge in [0.25, 0.3) is 0 Å². The third kappa shape index (κ3) is 11.6. The first-order chi connectivity index (χ1) is 16.7. The Labute approximate surface area is 220 Å². The average Bonchev–Trinajstić information content (AvgIpc) is 2.85. The van der Waals surface area contributed by atoms with Crippen molar-refractivity contribution < 1.29 is 4.39 Å². The largest absolute Gasteiger partial charge is 0.268 e. The van der Waals surface area contributed by atoms with Gasteiger partial charge in [0.2, 0.25) is 0 Å². The topological polar surface area (TPSA) is 12.4 Å². The van der Waals surface area contributed by atoms with Crippen LogP contribution >= 0.6 is 11.8 Å². The summed E-state index contributed by atoms with van der Waals surface area (Å²) in [7, 11) is 0. The molecule has 0 aliphatic carbocycles. The normalized spacial score (nSPS) is 12.4. The van der Waals surface area contributed by atoms with Crippen LogP contribution < -0.4 is 0 Å². The molecule has 0 N–H and O–H groups in total. The van der Waals surface area contributed by atoms with Gasteiger partial charge in [-0.15, -0.1) is 26.0 Å². The molecule has 0 saturated carbocycles. The van der Waals surface area contributed by atoms with Crippen LogP contribution in [0.4, 0.5) is 4.39 Å². The van der Waals surface area contributed by atoms with Crippen molar-refractivity contribution in [3.05, 3.63) is 90.0 Å². The van der Waals surface area contributed by atoms with Crippen LogP contribution in [0.3, 0.4) is 0 Å². The van der Waals surface area contributed by atoms with Crippen molar-refractivity contribution >= 4 is 24.1 Å². The van der Waals surface area contributed by atoms with E-state index in [2.05, 4.69) is 71.5 Å². The summed E-state index contributed by atoms with van der Waals surface area (Å²) < 4.78 is 13.8. The van der Waals surface area contributed by atoms with E-state index in [9.17, 15) is 4.39 Å². The number of nitrogens with zero attached hydrogens (tertiary/aromatic N) is 1. The van der Waals surface area contributed by atoms with E-state index in [1.807, 2.05) is 62.9 Å². The van der Waals surface area contributed by atoms with Gasteiger partial charge in [0.15, 0.2) is 0 Å². The van der Waals surface area contributed by atoms with Crippen molar-refractivity contribution in [3.63, 3.8) is 0 Å². The quantitative estimate of drug-likeness (QED) is 0.0871. The monoisotopic (exact) mass is 495 g/mol. The molecular formula is C32H46FNS. The molecule has 0 amide bonds. The van der Waals surface area contributed by atoms with E-state index < -0.39 is 0 Å². The van der Waals surface area contributed by atoms with Crippen molar-refractivity contribution in [2.24, 2.45) is 16.3 Å². The summed E-state index contributed by atoms with van der Waals surface area (Å²) in [4.78, 5) is 4.42. The summed E-state index contributed by atoms with van der Waals surface area (Å²) in [6.45, 7) is 26.5. The Bertz CT molecular complexity index is 880. The lowest BCUT2D eigenvalue weighted by atomic mass is 9.76. The van der Waals surface area contributed by atoms with Crippen molar-refractivity contribution in [2.45, 2.75) is 61.3 Å². The first-order valence-electron chi connectivity index (χ1n) is 12.2. The van der Waals surface area contributed by atoms with E-state index in [-0.39, 0.29) is 17.2 Å². The maximum Gasteiger partial charge on any atom is 0.123 e. The average molecular weight is 496 g/mol. The van der Waals surface area contributed by atoms with Crippen LogP contribution in [0.25, 0.3) is 5.57 Å². The molecule has 0 heterocycles. The molecule has 0 atom stereocenters. The van der Waals surface area contributed by atoms with Gasteiger partial charge in [-0.2, -0.15) is 11.8 Å². The van der Waals surface area contributed by atoms with Crippen LogP contribution in [0.2, 0.25) is 0 Å². The van der Waals surface area contributed by atoms with Crippen LogP contribution in [0.5, 0.6) is 0 Å². The molecule has 1 rings (SSSR count). The van der Waals surface area contributed by atoms with Gasteiger partial charge in [-0.1, -0.05) is 83.6 Å². The van der Waals surface area contributed by atoms with Gasteiger partial charge in [-0.05, 0) is 61.1 Å². The molecule has 0 aromatic heterocycles. The third-order valence-corrected chi connectivity index (χ3v) is 6.54. The highest BCUT2D eigenvalue weighted by atomic mass is 32.2. The second kappa shape index (κ2) is 19.7. The molecule has 0 radical (unpaired) electrons. The number of hydrogen-bond acceptors (Lipinski definition) is 2. The molecule has 0 aliphatic rings. The Kier molecular flexibility index (Phi) is 19.5. The second-order valence-electron chi connectivity index (χ2n) is 8.49. The SMILES string of the molecule is C#C.C=CCC\C(=C(C(/C=C/C)=C(\N=C)C(C)C)\c1ccc(F)cc1)C(C)(C)CSCC=C.CC. The molecule has 1 nitrogen and oxygen atoms in total. The van der Waals surface area contributed by atoms with Crippen LogP contribution in [0.1, 0.15) is 66.9 Å². The highest BCUT2D eigenvalue weighted by Crippen LogP contribution is 2.43. The van der Waals surface area contributed by atoms with Gasteiger partial charge in [0, 0.05) is 22.8 Å². The zero-order valence-corrected chi connectivity index (χ0v) is 23.9. The van der Waals surface area contributed by atoms with Gasteiger partial charge in [-0.25, -0.2) is 4.39 Å². The number of rotatable bonds is 13. The minimum atomic E-state index is -0.237. The summed E-state index contributed by atoms with van der Waals surface area (Å²) in [6, 6.07) is 6.80. The molecule has 0 bridgehead atoms. The molecule has 1 aromatic rings. The lowest BCUT2D eigenvalue weighted by molar-refractivity contribution is 0.496. The van der Waals surface area contributed by atoms with E-state index in [4.69, 9.17) is 0 Å². The van der Waals surface area contributed by atoms with E-state index in [0.717, 1.165) is 46.8 Å². The Morgan fingerprint density at radius 3 is 2.11 bits per heavy atom. The molecule has 35 heavy (non-hydrogen) atoms. The number of thioether (sulfide) groups is 1. The maximum atomic E-state index is 13.8. The lowest BCUT2D eigenvalue weighted by Gasteiger charge is -2.32. The predicted molar refractivity (Wildman–Crippen MR) is 162 cm³/mol. The fourth-order valence-corrected chi connectivity index (χ4v) is 4.65. The predicted octanol–water partition coefficient (Wildman–Crippen LogP) is 9.95. The number of hydrogen-bond donors (Lipinski definition) is 0. The van der Waals surface area contributed by atoms with Crippen molar-refractivity contribution in [3.8, 4) is 12.8 Å². The van der Waals surface area contributed by atoms with Gasteiger partial charge < -0.3 is 0 Å². The molecule has 0 saturated heterocycles. The Hall–Kier alpha value is -2.57. The molecule has 0 spiro atoms. The fourth-order valence-electron chi connectivity index (χ4n) is 3.68. The highest BCUT2D eigenvalue weighted by Gasteiger charge is 2.28. The Balaban J connectivity index is 0. The molecule has 0 fully saturated rings. The van der Waals surface area contributed by atoms with Crippen LogP contribution in [-0.4, -0.2) is 18.2 Å². The number of terminal acetylenes is 1. The van der Waals surface area contributed by atoms with Gasteiger partial charge in [-0.3, -0.25) is 4.99 Å². The van der Waals surface area contributed by atoms with E-state index >= 15 is 0 Å². The van der Waals surface area contributed by atoms with Crippen LogP contribution in [0.15, 0.2) is 83.6 Å². The van der Waals surface area contributed by atoms with E-state index in [0.29, 0.717) is 0 Å². The first-order valence-corrected chi connectivity index (χ1v) is 13.3. The third-order valence-electron chi connectivity index (χ3n) is 5.14. The summed E-state index contributed by atoms with van der Waals surface area (Å²) in [6.07, 6.45) is 17.8. The van der Waals surface area contributed by atoms with Gasteiger partial charge >= 0.3 is 0 Å². The standard InChI is InChI=1S/C28H38FNS.C2H6.C2H2/c1-9-12-14-25(28(6,7)20-31-19-11-3)26(22-15-17-23(29)18-16-22)24(13-10-2)27(30-8)21(4)5;2*1-2/h9-11,13,15-18,21H,1,3,8,12,14,19-20H2,2,4-7H3;1-2H3;1-2H/b13-10+,26-25+,27-24-;;. The number of allylic oxidation sites excluding steroid dienone is 7. The molecule has 1 aromatic carbocycles. The number of benzene rings is 1. The molecule has 0 unspecified atom stereocenters. The highest BCUT2D eigenvalue weighted by molar-refractivity contribution is 7.99. The summed E-state index contributed by atoms with van der Waals surface area (Å²) in [5.74, 6) is 1.84. The Morgan fingerprint density at radius 2 is 1.69 bits per heavy atom. The summed E-state index contributed by atoms with van der Waals surface area (Å²) in [5, 5.41) is 0. The van der Waals surface area contributed by atoms with Gasteiger partial charge in [0.1, 0.15) is 5.82 Å². The smallest absolute Gasteiger partial charge is 0.123 e. The first kappa shape index (κ1) is 34.6. The summed E-state index contributed by atoms with van der Waals surface area (Å²) in [5.41, 5.74) is 5.36. The van der Waals surface area contributed by atoms with Crippen LogP contribution in [0, 0.1) is 30.0 Å². The van der Waals surface area contributed by atoms with Crippen molar-refractivity contribution in [1.82, 2.24) is 0 Å². The lowest BCUT2D eigenvalue weighted by Crippen LogP contribution is -2.21. The van der Waals surface area contributed by atoms with Crippen molar-refractivity contribution in [1.29, 1.82) is 0 Å². The zero-order chi connectivity index (χ0) is 27.4.